The van der Waals surface area contributed by atoms with Crippen LogP contribution in [0.3, 0.4) is 0 Å². The molecule has 6 heteroatoms. The average Bonchev–Trinajstić information content (AvgIpc) is 3.33. The SMILES string of the molecule is CSC1(CNc2cnn(Cc3ccccc3)c(=O)c2Cl)CC1. The maximum atomic E-state index is 12.3. The van der Waals surface area contributed by atoms with Crippen LogP contribution in [0.2, 0.25) is 5.02 Å². The highest BCUT2D eigenvalue weighted by molar-refractivity contribution is 8.00. The van der Waals surface area contributed by atoms with E-state index in [9.17, 15) is 4.79 Å². The molecule has 4 nitrogen and oxygen atoms in total. The molecule has 1 aromatic heterocycles. The Bertz CT molecular complexity index is 713. The fourth-order valence-corrected chi connectivity index (χ4v) is 3.25. The second kappa shape index (κ2) is 6.34. The Labute approximate surface area is 138 Å². The third-order valence-electron chi connectivity index (χ3n) is 4.00. The summed E-state index contributed by atoms with van der Waals surface area (Å²) in [4.78, 5) is 12.3. The molecule has 0 spiro atoms. The molecule has 1 aliphatic carbocycles. The number of nitrogens with one attached hydrogen (secondary N) is 1. The van der Waals surface area contributed by atoms with Crippen molar-refractivity contribution < 1.29 is 0 Å². The second-order valence-corrected chi connectivity index (χ2v) is 7.21. The Morgan fingerprint density at radius 1 is 1.36 bits per heavy atom. The summed E-state index contributed by atoms with van der Waals surface area (Å²) in [5.41, 5.74) is 1.38. The number of nitrogens with zero attached hydrogens (tertiary/aromatic N) is 2. The second-order valence-electron chi connectivity index (χ2n) is 5.56. The topological polar surface area (TPSA) is 46.9 Å². The van der Waals surface area contributed by atoms with Gasteiger partial charge in [-0.2, -0.15) is 16.9 Å². The van der Waals surface area contributed by atoms with E-state index in [4.69, 9.17) is 11.6 Å². The van der Waals surface area contributed by atoms with Crippen LogP contribution in [-0.2, 0) is 6.54 Å². The van der Waals surface area contributed by atoms with Gasteiger partial charge < -0.3 is 5.32 Å². The molecular weight excluding hydrogens is 318 g/mol. The van der Waals surface area contributed by atoms with E-state index in [0.717, 1.165) is 12.1 Å². The normalized spacial score (nSPS) is 15.5. The van der Waals surface area contributed by atoms with Gasteiger partial charge >= 0.3 is 0 Å². The van der Waals surface area contributed by atoms with E-state index < -0.39 is 0 Å². The molecule has 2 aromatic rings. The highest BCUT2D eigenvalue weighted by atomic mass is 35.5. The Kier molecular flexibility index (Phi) is 4.45. The van der Waals surface area contributed by atoms with Gasteiger partial charge in [0.2, 0.25) is 0 Å². The number of thioether (sulfide) groups is 1. The summed E-state index contributed by atoms with van der Waals surface area (Å²) in [5.74, 6) is 0. The first-order valence-electron chi connectivity index (χ1n) is 7.22. The van der Waals surface area contributed by atoms with Crippen molar-refractivity contribution in [1.29, 1.82) is 0 Å². The van der Waals surface area contributed by atoms with Gasteiger partial charge in [0.15, 0.2) is 0 Å². The molecule has 0 aliphatic heterocycles. The first kappa shape index (κ1) is 15.4. The van der Waals surface area contributed by atoms with Crippen molar-refractivity contribution in [3.05, 3.63) is 57.5 Å². The number of halogens is 1. The molecule has 116 valence electrons. The highest BCUT2D eigenvalue weighted by Crippen LogP contribution is 2.47. The molecule has 0 saturated heterocycles. The van der Waals surface area contributed by atoms with Gasteiger partial charge in [-0.15, -0.1) is 0 Å². The van der Waals surface area contributed by atoms with Crippen LogP contribution in [0.15, 0.2) is 41.3 Å². The molecule has 1 aliphatic rings. The molecule has 0 atom stereocenters. The third-order valence-corrected chi connectivity index (χ3v) is 5.79. The highest BCUT2D eigenvalue weighted by Gasteiger charge is 2.41. The van der Waals surface area contributed by atoms with Gasteiger partial charge in [-0.25, -0.2) is 4.68 Å². The first-order valence-corrected chi connectivity index (χ1v) is 8.82. The van der Waals surface area contributed by atoms with Crippen molar-refractivity contribution in [2.45, 2.75) is 24.1 Å². The van der Waals surface area contributed by atoms with Crippen molar-refractivity contribution in [3.8, 4) is 0 Å². The summed E-state index contributed by atoms with van der Waals surface area (Å²) in [7, 11) is 0. The average molecular weight is 336 g/mol. The summed E-state index contributed by atoms with van der Waals surface area (Å²) in [6, 6.07) is 9.75. The number of rotatable bonds is 6. The van der Waals surface area contributed by atoms with E-state index >= 15 is 0 Å². The van der Waals surface area contributed by atoms with Gasteiger partial charge in [0.05, 0.1) is 18.4 Å². The number of hydrogen-bond donors (Lipinski definition) is 1. The van der Waals surface area contributed by atoms with Crippen molar-refractivity contribution in [3.63, 3.8) is 0 Å². The van der Waals surface area contributed by atoms with Crippen molar-refractivity contribution in [2.24, 2.45) is 0 Å². The quantitative estimate of drug-likeness (QED) is 0.880. The minimum Gasteiger partial charge on any atom is -0.381 e. The predicted molar refractivity (Wildman–Crippen MR) is 93.0 cm³/mol. The maximum absolute atomic E-state index is 12.3. The minimum atomic E-state index is -0.260. The van der Waals surface area contributed by atoms with Gasteiger partial charge in [0, 0.05) is 11.3 Å². The number of aromatic nitrogens is 2. The van der Waals surface area contributed by atoms with Crippen LogP contribution in [0.1, 0.15) is 18.4 Å². The fourth-order valence-electron chi connectivity index (χ4n) is 2.31. The van der Waals surface area contributed by atoms with E-state index in [1.807, 2.05) is 42.1 Å². The molecule has 3 rings (SSSR count). The summed E-state index contributed by atoms with van der Waals surface area (Å²) < 4.78 is 1.70. The summed E-state index contributed by atoms with van der Waals surface area (Å²) in [6.07, 6.45) is 6.17. The lowest BCUT2D eigenvalue weighted by atomic mass is 10.2. The summed E-state index contributed by atoms with van der Waals surface area (Å²) >= 11 is 8.08. The third kappa shape index (κ3) is 3.31. The number of benzene rings is 1. The molecule has 0 radical (unpaired) electrons. The molecule has 0 amide bonds. The standard InChI is InChI=1S/C16H18ClN3OS/c1-22-16(7-8-16)11-18-13-9-19-20(15(21)14(13)17)10-12-5-3-2-4-6-12/h2-6,9,18H,7-8,10-11H2,1H3. The Morgan fingerprint density at radius 3 is 2.73 bits per heavy atom. The molecule has 1 saturated carbocycles. The smallest absolute Gasteiger partial charge is 0.287 e. The van der Waals surface area contributed by atoms with Crippen LogP contribution in [0.5, 0.6) is 0 Å². The van der Waals surface area contributed by atoms with Crippen LogP contribution >= 0.6 is 23.4 Å². The zero-order chi connectivity index (χ0) is 15.6. The number of hydrogen-bond acceptors (Lipinski definition) is 4. The maximum Gasteiger partial charge on any atom is 0.287 e. The fraction of sp³-hybridized carbons (Fsp3) is 0.375. The lowest BCUT2D eigenvalue weighted by Crippen LogP contribution is -2.26. The van der Waals surface area contributed by atoms with Gasteiger partial charge in [-0.1, -0.05) is 41.9 Å². The number of anilines is 1. The monoisotopic (exact) mass is 335 g/mol. The van der Waals surface area contributed by atoms with Crippen molar-refractivity contribution in [2.75, 3.05) is 18.1 Å². The van der Waals surface area contributed by atoms with Crippen molar-refractivity contribution >= 4 is 29.1 Å². The lowest BCUT2D eigenvalue weighted by molar-refractivity contribution is 0.639. The largest absolute Gasteiger partial charge is 0.381 e. The zero-order valence-corrected chi connectivity index (χ0v) is 14.0. The Balaban J connectivity index is 1.75. The molecule has 1 N–H and O–H groups in total. The summed E-state index contributed by atoms with van der Waals surface area (Å²) in [5, 5.41) is 7.71. The van der Waals surface area contributed by atoms with Crippen LogP contribution in [0.25, 0.3) is 0 Å². The predicted octanol–water partition coefficient (Wildman–Crippen LogP) is 3.25. The summed E-state index contributed by atoms with van der Waals surface area (Å²) in [6.45, 7) is 1.24. The van der Waals surface area contributed by atoms with Crippen molar-refractivity contribution in [1.82, 2.24) is 9.78 Å². The molecule has 1 heterocycles. The molecule has 0 unspecified atom stereocenters. The van der Waals surface area contributed by atoms with Crippen LogP contribution < -0.4 is 10.9 Å². The van der Waals surface area contributed by atoms with Gasteiger partial charge in [-0.05, 0) is 24.7 Å². The Morgan fingerprint density at radius 2 is 2.09 bits per heavy atom. The van der Waals surface area contributed by atoms with Crippen LogP contribution in [-0.4, -0.2) is 27.3 Å². The van der Waals surface area contributed by atoms with Gasteiger partial charge in [0.1, 0.15) is 5.02 Å². The van der Waals surface area contributed by atoms with E-state index in [2.05, 4.69) is 16.7 Å². The molecule has 1 fully saturated rings. The van der Waals surface area contributed by atoms with Gasteiger partial charge in [0.25, 0.3) is 5.56 Å². The molecule has 1 aromatic carbocycles. The molecule has 22 heavy (non-hydrogen) atoms. The van der Waals surface area contributed by atoms with E-state index in [1.165, 1.54) is 17.5 Å². The zero-order valence-electron chi connectivity index (χ0n) is 12.4. The Hall–Kier alpha value is -1.46. The lowest BCUT2D eigenvalue weighted by Gasteiger charge is -2.15. The molecular formula is C16H18ClN3OS. The van der Waals surface area contributed by atoms with E-state index in [-0.39, 0.29) is 10.6 Å². The van der Waals surface area contributed by atoms with Gasteiger partial charge in [-0.3, -0.25) is 4.79 Å². The van der Waals surface area contributed by atoms with Crippen LogP contribution in [0, 0.1) is 0 Å². The van der Waals surface area contributed by atoms with E-state index in [0.29, 0.717) is 17.0 Å². The molecule has 0 bridgehead atoms. The van der Waals surface area contributed by atoms with E-state index in [1.54, 1.807) is 6.20 Å². The van der Waals surface area contributed by atoms with Crippen LogP contribution in [0.4, 0.5) is 5.69 Å². The first-order chi connectivity index (χ1) is 10.6. The minimum absolute atomic E-state index is 0.211.